The lowest BCUT2D eigenvalue weighted by Crippen LogP contribution is -2.36. The van der Waals surface area contributed by atoms with Crippen molar-refractivity contribution < 1.29 is 4.79 Å². The Hall–Kier alpha value is -1.84. The molecule has 0 aromatic heterocycles. The summed E-state index contributed by atoms with van der Waals surface area (Å²) < 4.78 is 0. The van der Waals surface area contributed by atoms with Crippen LogP contribution >= 0.6 is 0 Å². The maximum atomic E-state index is 10.8. The predicted molar refractivity (Wildman–Crippen MR) is 76.9 cm³/mol. The summed E-state index contributed by atoms with van der Waals surface area (Å²) in [6.07, 6.45) is 5.32. The average molecular weight is 259 g/mol. The zero-order valence-electron chi connectivity index (χ0n) is 11.4. The molecule has 0 bridgehead atoms. The Morgan fingerprint density at radius 1 is 1.37 bits per heavy atom. The Bertz CT molecular complexity index is 470. The first-order valence-corrected chi connectivity index (χ1v) is 6.76. The molecule has 4 heteroatoms. The third-order valence-electron chi connectivity index (χ3n) is 3.83. The smallest absolute Gasteiger partial charge is 0.332 e. The fourth-order valence-corrected chi connectivity index (χ4v) is 2.80. The summed E-state index contributed by atoms with van der Waals surface area (Å²) >= 11 is 0. The molecule has 0 saturated heterocycles. The molecule has 2 rings (SSSR count). The summed E-state index contributed by atoms with van der Waals surface area (Å²) in [6.45, 7) is 2.22. The number of hydrazone groups is 1. The van der Waals surface area contributed by atoms with E-state index in [0.29, 0.717) is 0 Å². The van der Waals surface area contributed by atoms with Gasteiger partial charge >= 0.3 is 6.03 Å². The van der Waals surface area contributed by atoms with Crippen LogP contribution in [0.15, 0.2) is 35.4 Å². The van der Waals surface area contributed by atoms with Gasteiger partial charge in [0.2, 0.25) is 0 Å². The molecule has 1 aromatic carbocycles. The molecule has 1 aromatic rings. The molecule has 0 aliphatic heterocycles. The molecule has 0 unspecified atom stereocenters. The predicted octanol–water partition coefficient (Wildman–Crippen LogP) is 2.83. The molecule has 102 valence electrons. The van der Waals surface area contributed by atoms with E-state index in [2.05, 4.69) is 41.7 Å². The van der Waals surface area contributed by atoms with Crippen LogP contribution < -0.4 is 11.2 Å². The minimum Gasteiger partial charge on any atom is -0.350 e. The van der Waals surface area contributed by atoms with Crippen LogP contribution in [0.25, 0.3) is 0 Å². The molecule has 1 fully saturated rings. The topological polar surface area (TPSA) is 67.5 Å². The van der Waals surface area contributed by atoms with Crippen molar-refractivity contribution in [3.05, 3.63) is 35.9 Å². The van der Waals surface area contributed by atoms with Gasteiger partial charge in [-0.25, -0.2) is 10.2 Å². The number of benzene rings is 1. The van der Waals surface area contributed by atoms with Crippen molar-refractivity contribution in [3.63, 3.8) is 0 Å². The molecule has 1 aliphatic carbocycles. The van der Waals surface area contributed by atoms with Gasteiger partial charge in [-0.3, -0.25) is 0 Å². The first kappa shape index (κ1) is 13.6. The van der Waals surface area contributed by atoms with Crippen molar-refractivity contribution >= 4 is 11.7 Å². The summed E-state index contributed by atoms with van der Waals surface area (Å²) in [6, 6.07) is 9.81. The Morgan fingerprint density at radius 2 is 2.11 bits per heavy atom. The molecule has 19 heavy (non-hydrogen) atoms. The maximum absolute atomic E-state index is 10.8. The van der Waals surface area contributed by atoms with Gasteiger partial charge in [0.15, 0.2) is 0 Å². The molecule has 2 amide bonds. The van der Waals surface area contributed by atoms with Crippen molar-refractivity contribution in [1.29, 1.82) is 0 Å². The van der Waals surface area contributed by atoms with Gasteiger partial charge in [-0.05, 0) is 31.2 Å². The Morgan fingerprint density at radius 3 is 2.79 bits per heavy atom. The van der Waals surface area contributed by atoms with Crippen LogP contribution in [-0.4, -0.2) is 11.7 Å². The lowest BCUT2D eigenvalue weighted by Gasteiger charge is -2.35. The Balaban J connectivity index is 2.17. The van der Waals surface area contributed by atoms with Gasteiger partial charge in [0.1, 0.15) is 0 Å². The van der Waals surface area contributed by atoms with Crippen molar-refractivity contribution in [2.75, 3.05) is 0 Å². The highest BCUT2D eigenvalue weighted by Crippen LogP contribution is 2.36. The molecule has 0 heterocycles. The molecular weight excluding hydrogens is 238 g/mol. The van der Waals surface area contributed by atoms with Gasteiger partial charge in [0, 0.05) is 11.1 Å². The normalized spacial score (nSPS) is 25.2. The van der Waals surface area contributed by atoms with E-state index in [1.807, 2.05) is 6.07 Å². The van der Waals surface area contributed by atoms with E-state index >= 15 is 0 Å². The number of amides is 2. The molecule has 4 nitrogen and oxygen atoms in total. The zero-order chi connectivity index (χ0) is 13.7. The third-order valence-corrected chi connectivity index (χ3v) is 3.83. The van der Waals surface area contributed by atoms with E-state index in [9.17, 15) is 4.79 Å². The number of hydrogen-bond donors (Lipinski definition) is 2. The number of carbonyl (C=O) groups excluding carboxylic acids is 1. The molecule has 3 N–H and O–H groups in total. The number of primary amides is 1. The third kappa shape index (κ3) is 3.56. The average Bonchev–Trinajstić information content (AvgIpc) is 2.38. The van der Waals surface area contributed by atoms with Crippen LogP contribution in [0.3, 0.4) is 0 Å². The number of hydrogen-bond acceptors (Lipinski definition) is 2. The van der Waals surface area contributed by atoms with Crippen LogP contribution in [0.2, 0.25) is 0 Å². The summed E-state index contributed by atoms with van der Waals surface area (Å²) in [4.78, 5) is 10.8. The van der Waals surface area contributed by atoms with E-state index in [1.54, 1.807) is 0 Å². The van der Waals surface area contributed by atoms with Crippen LogP contribution in [0, 0.1) is 5.41 Å². The molecule has 1 saturated carbocycles. The largest absolute Gasteiger partial charge is 0.350 e. The highest BCUT2D eigenvalue weighted by Gasteiger charge is 2.33. The second-order valence-corrected chi connectivity index (χ2v) is 5.46. The lowest BCUT2D eigenvalue weighted by atomic mass is 9.70. The van der Waals surface area contributed by atoms with E-state index in [4.69, 9.17) is 5.73 Å². The van der Waals surface area contributed by atoms with E-state index < -0.39 is 6.03 Å². The van der Waals surface area contributed by atoms with Crippen LogP contribution in [0.1, 0.15) is 38.2 Å². The standard InChI is InChI=1S/C15H21N3O/c1-15(11-12-7-3-2-4-8-12)10-6-5-9-13(15)17-18-14(16)19/h2-4,7-8H,5-6,9-11H2,1H3,(H3,16,18,19)/b17-13-/t15-/m1/s1. The quantitative estimate of drug-likeness (QED) is 0.805. The summed E-state index contributed by atoms with van der Waals surface area (Å²) in [5.74, 6) is 0. The van der Waals surface area contributed by atoms with Crippen molar-refractivity contribution in [2.24, 2.45) is 16.3 Å². The zero-order valence-corrected chi connectivity index (χ0v) is 11.4. The highest BCUT2D eigenvalue weighted by molar-refractivity contribution is 5.91. The minimum atomic E-state index is -0.597. The number of carbonyl (C=O) groups is 1. The lowest BCUT2D eigenvalue weighted by molar-refractivity contribution is 0.249. The first-order valence-electron chi connectivity index (χ1n) is 6.76. The summed E-state index contributed by atoms with van der Waals surface area (Å²) in [5.41, 5.74) is 9.85. The van der Waals surface area contributed by atoms with Crippen LogP contribution in [-0.2, 0) is 6.42 Å². The summed E-state index contributed by atoms with van der Waals surface area (Å²) in [7, 11) is 0. The Labute approximate surface area is 114 Å². The van der Waals surface area contributed by atoms with Crippen LogP contribution in [0.4, 0.5) is 4.79 Å². The van der Waals surface area contributed by atoms with Crippen molar-refractivity contribution in [2.45, 2.75) is 39.0 Å². The first-order chi connectivity index (χ1) is 9.10. The Kier molecular flexibility index (Phi) is 4.20. The monoisotopic (exact) mass is 259 g/mol. The van der Waals surface area contributed by atoms with Gasteiger partial charge < -0.3 is 5.73 Å². The fourth-order valence-electron chi connectivity index (χ4n) is 2.80. The van der Waals surface area contributed by atoms with Gasteiger partial charge in [-0.2, -0.15) is 5.10 Å². The molecule has 1 atom stereocenters. The summed E-state index contributed by atoms with van der Waals surface area (Å²) in [5, 5.41) is 4.22. The molecule has 0 radical (unpaired) electrons. The van der Waals surface area contributed by atoms with Gasteiger partial charge in [0.05, 0.1) is 0 Å². The number of rotatable bonds is 3. The van der Waals surface area contributed by atoms with Gasteiger partial charge in [0.25, 0.3) is 0 Å². The van der Waals surface area contributed by atoms with Crippen molar-refractivity contribution in [3.8, 4) is 0 Å². The second kappa shape index (κ2) is 5.87. The second-order valence-electron chi connectivity index (χ2n) is 5.46. The SMILES string of the molecule is C[C@]1(Cc2ccccc2)CCCC/C1=N/NC(N)=O. The van der Waals surface area contributed by atoms with Crippen molar-refractivity contribution in [1.82, 2.24) is 5.43 Å². The number of urea groups is 1. The van der Waals surface area contributed by atoms with Gasteiger partial charge in [-0.1, -0.05) is 43.7 Å². The van der Waals surface area contributed by atoms with E-state index in [1.165, 1.54) is 12.0 Å². The number of nitrogens with zero attached hydrogens (tertiary/aromatic N) is 1. The molecule has 0 spiro atoms. The van der Waals surface area contributed by atoms with E-state index in [0.717, 1.165) is 31.4 Å². The number of nitrogens with two attached hydrogens (primary N) is 1. The number of nitrogens with one attached hydrogen (secondary N) is 1. The molecule has 1 aliphatic rings. The molecular formula is C15H21N3O. The van der Waals surface area contributed by atoms with Gasteiger partial charge in [-0.15, -0.1) is 0 Å². The highest BCUT2D eigenvalue weighted by atomic mass is 16.2. The maximum Gasteiger partial charge on any atom is 0.332 e. The van der Waals surface area contributed by atoms with Crippen LogP contribution in [0.5, 0.6) is 0 Å². The van der Waals surface area contributed by atoms with E-state index in [-0.39, 0.29) is 5.41 Å². The fraction of sp³-hybridized carbons (Fsp3) is 0.467. The minimum absolute atomic E-state index is 0.0159.